The minimum atomic E-state index is -0.134. The maximum absolute atomic E-state index is 13.4. The first-order chi connectivity index (χ1) is 13.6. The van der Waals surface area contributed by atoms with E-state index >= 15 is 0 Å². The largest absolute Gasteiger partial charge is 0.376 e. The summed E-state index contributed by atoms with van der Waals surface area (Å²) in [5.41, 5.74) is 1.77. The molecule has 1 aromatic carbocycles. The van der Waals surface area contributed by atoms with Gasteiger partial charge in [0.25, 0.3) is 11.3 Å². The second-order valence-electron chi connectivity index (χ2n) is 6.98. The van der Waals surface area contributed by atoms with Crippen molar-refractivity contribution in [2.45, 2.75) is 32.4 Å². The molecule has 0 saturated carbocycles. The minimum Gasteiger partial charge on any atom is -0.376 e. The van der Waals surface area contributed by atoms with Crippen LogP contribution in [0.1, 0.15) is 18.7 Å². The highest BCUT2D eigenvalue weighted by molar-refractivity contribution is 6.33. The highest BCUT2D eigenvalue weighted by Crippen LogP contribution is 2.31. The SMILES string of the molecule is Cc1nc2nc3ccn(C[C@H]4CCCO4)c(=O)c3c(-c3ccccc3Cl)n2n1. The second-order valence-corrected chi connectivity index (χ2v) is 7.39. The van der Waals surface area contributed by atoms with Crippen molar-refractivity contribution in [3.05, 3.63) is 57.7 Å². The van der Waals surface area contributed by atoms with Crippen LogP contribution in [0.3, 0.4) is 0 Å². The van der Waals surface area contributed by atoms with Crippen molar-refractivity contribution in [3.8, 4) is 11.3 Å². The van der Waals surface area contributed by atoms with Crippen molar-refractivity contribution in [2.75, 3.05) is 6.61 Å². The van der Waals surface area contributed by atoms with E-state index in [1.54, 1.807) is 28.3 Å². The van der Waals surface area contributed by atoms with E-state index in [-0.39, 0.29) is 11.7 Å². The molecule has 28 heavy (non-hydrogen) atoms. The van der Waals surface area contributed by atoms with Gasteiger partial charge in [0.15, 0.2) is 0 Å². The third-order valence-corrected chi connectivity index (χ3v) is 5.39. The highest BCUT2D eigenvalue weighted by atomic mass is 35.5. The zero-order chi connectivity index (χ0) is 19.3. The Morgan fingerprint density at radius 2 is 2.11 bits per heavy atom. The number of fused-ring (bicyclic) bond motifs is 2. The van der Waals surface area contributed by atoms with Gasteiger partial charge in [-0.3, -0.25) is 4.79 Å². The molecule has 8 heteroatoms. The molecule has 0 amide bonds. The van der Waals surface area contributed by atoms with Gasteiger partial charge in [0.05, 0.1) is 29.2 Å². The van der Waals surface area contributed by atoms with E-state index in [9.17, 15) is 4.79 Å². The van der Waals surface area contributed by atoms with E-state index in [0.29, 0.717) is 39.8 Å². The summed E-state index contributed by atoms with van der Waals surface area (Å²) in [6, 6.07) is 9.26. The lowest BCUT2D eigenvalue weighted by atomic mass is 10.1. The van der Waals surface area contributed by atoms with Crippen LogP contribution < -0.4 is 5.56 Å². The molecule has 0 spiro atoms. The molecule has 1 aliphatic heterocycles. The van der Waals surface area contributed by atoms with Crippen LogP contribution in [0.2, 0.25) is 5.02 Å². The molecule has 0 bridgehead atoms. The monoisotopic (exact) mass is 395 g/mol. The summed E-state index contributed by atoms with van der Waals surface area (Å²) in [4.78, 5) is 22.4. The molecule has 0 unspecified atom stereocenters. The minimum absolute atomic E-state index is 0.0595. The maximum atomic E-state index is 13.4. The van der Waals surface area contributed by atoms with Crippen LogP contribution in [0.4, 0.5) is 0 Å². The first-order valence-corrected chi connectivity index (χ1v) is 9.62. The Morgan fingerprint density at radius 3 is 2.89 bits per heavy atom. The Balaban J connectivity index is 1.84. The third kappa shape index (κ3) is 2.78. The molecule has 1 atom stereocenters. The number of halogens is 1. The number of nitrogens with zero attached hydrogens (tertiary/aromatic N) is 5. The Morgan fingerprint density at radius 1 is 1.25 bits per heavy atom. The fourth-order valence-corrected chi connectivity index (χ4v) is 4.00. The van der Waals surface area contributed by atoms with Crippen LogP contribution >= 0.6 is 11.6 Å². The number of aryl methyl sites for hydroxylation is 1. The van der Waals surface area contributed by atoms with Crippen molar-refractivity contribution < 1.29 is 4.74 Å². The summed E-state index contributed by atoms with van der Waals surface area (Å²) in [5.74, 6) is 1.02. The van der Waals surface area contributed by atoms with Crippen molar-refractivity contribution >= 4 is 28.3 Å². The molecule has 5 rings (SSSR count). The van der Waals surface area contributed by atoms with Crippen LogP contribution in [-0.4, -0.2) is 36.9 Å². The van der Waals surface area contributed by atoms with Gasteiger partial charge in [-0.15, -0.1) is 5.10 Å². The van der Waals surface area contributed by atoms with Gasteiger partial charge in [-0.2, -0.15) is 9.50 Å². The summed E-state index contributed by atoms with van der Waals surface area (Å²) >= 11 is 6.49. The lowest BCUT2D eigenvalue weighted by Gasteiger charge is -2.14. The predicted molar refractivity (Wildman–Crippen MR) is 107 cm³/mol. The molecule has 142 valence electrons. The van der Waals surface area contributed by atoms with E-state index in [0.717, 1.165) is 25.0 Å². The number of rotatable bonds is 3. The molecule has 0 aliphatic carbocycles. The average molecular weight is 396 g/mol. The van der Waals surface area contributed by atoms with E-state index in [1.807, 2.05) is 24.3 Å². The summed E-state index contributed by atoms with van der Waals surface area (Å²) < 4.78 is 9.01. The Kier molecular flexibility index (Phi) is 4.14. The van der Waals surface area contributed by atoms with E-state index in [4.69, 9.17) is 16.3 Å². The number of aromatic nitrogens is 5. The van der Waals surface area contributed by atoms with Crippen molar-refractivity contribution in [2.24, 2.45) is 0 Å². The summed E-state index contributed by atoms with van der Waals surface area (Å²) in [7, 11) is 0. The van der Waals surface area contributed by atoms with Gasteiger partial charge in [-0.1, -0.05) is 29.8 Å². The van der Waals surface area contributed by atoms with Crippen LogP contribution in [0.25, 0.3) is 27.9 Å². The number of ether oxygens (including phenoxy) is 1. The van der Waals surface area contributed by atoms with E-state index in [2.05, 4.69) is 15.1 Å². The van der Waals surface area contributed by atoms with Crippen molar-refractivity contribution in [1.29, 1.82) is 0 Å². The summed E-state index contributed by atoms with van der Waals surface area (Å²) in [5, 5.41) is 5.48. The molecule has 3 aromatic heterocycles. The normalized spacial score (nSPS) is 17.0. The fraction of sp³-hybridized carbons (Fsp3) is 0.300. The average Bonchev–Trinajstić information content (AvgIpc) is 3.31. The van der Waals surface area contributed by atoms with Crippen molar-refractivity contribution in [1.82, 2.24) is 24.1 Å². The standard InChI is InChI=1S/C20H18ClN5O2/c1-12-22-20-23-16-8-9-25(11-13-5-4-10-28-13)19(27)17(16)18(26(20)24-12)14-6-2-3-7-15(14)21/h2-3,6-9,13H,4-5,10-11H2,1H3/t13-/m1/s1. The molecule has 7 nitrogen and oxygen atoms in total. The molecular formula is C20H18ClN5O2. The number of hydrogen-bond acceptors (Lipinski definition) is 5. The molecular weight excluding hydrogens is 378 g/mol. The van der Waals surface area contributed by atoms with Gasteiger partial charge in [-0.05, 0) is 31.9 Å². The van der Waals surface area contributed by atoms with Gasteiger partial charge >= 0.3 is 0 Å². The Labute approximate surface area is 165 Å². The number of pyridine rings is 1. The van der Waals surface area contributed by atoms with Crippen molar-refractivity contribution in [3.63, 3.8) is 0 Å². The summed E-state index contributed by atoms with van der Waals surface area (Å²) in [6.07, 6.45) is 3.82. The zero-order valence-electron chi connectivity index (χ0n) is 15.3. The first-order valence-electron chi connectivity index (χ1n) is 9.25. The van der Waals surface area contributed by atoms with Crippen LogP contribution in [0, 0.1) is 6.92 Å². The maximum Gasteiger partial charge on any atom is 0.262 e. The van der Waals surface area contributed by atoms with Gasteiger partial charge < -0.3 is 9.30 Å². The third-order valence-electron chi connectivity index (χ3n) is 5.06. The molecule has 0 N–H and O–H groups in total. The Bertz CT molecular complexity index is 1260. The quantitative estimate of drug-likeness (QED) is 0.532. The van der Waals surface area contributed by atoms with Gasteiger partial charge in [0.1, 0.15) is 5.82 Å². The molecule has 4 aromatic rings. The van der Waals surface area contributed by atoms with Gasteiger partial charge in [-0.25, -0.2) is 4.98 Å². The number of benzene rings is 1. The van der Waals surface area contributed by atoms with E-state index in [1.165, 1.54) is 0 Å². The topological polar surface area (TPSA) is 74.3 Å². The van der Waals surface area contributed by atoms with Gasteiger partial charge in [0.2, 0.25) is 0 Å². The molecule has 1 fully saturated rings. The zero-order valence-corrected chi connectivity index (χ0v) is 16.1. The Hall–Kier alpha value is -2.77. The van der Waals surface area contributed by atoms with Crippen LogP contribution in [0.5, 0.6) is 0 Å². The first kappa shape index (κ1) is 17.3. The van der Waals surface area contributed by atoms with Gasteiger partial charge in [0, 0.05) is 23.4 Å². The fourth-order valence-electron chi connectivity index (χ4n) is 3.77. The molecule has 0 radical (unpaired) electrons. The highest BCUT2D eigenvalue weighted by Gasteiger charge is 2.21. The predicted octanol–water partition coefficient (Wildman–Crippen LogP) is 3.25. The lowest BCUT2D eigenvalue weighted by molar-refractivity contribution is 0.0963. The summed E-state index contributed by atoms with van der Waals surface area (Å²) in [6.45, 7) is 3.06. The second kappa shape index (κ2) is 6.68. The van der Waals surface area contributed by atoms with E-state index < -0.39 is 0 Å². The lowest BCUT2D eigenvalue weighted by Crippen LogP contribution is -2.27. The number of hydrogen-bond donors (Lipinski definition) is 0. The smallest absolute Gasteiger partial charge is 0.262 e. The van der Waals surface area contributed by atoms with Crippen LogP contribution in [-0.2, 0) is 11.3 Å². The molecule has 1 aliphatic rings. The molecule has 4 heterocycles. The van der Waals surface area contributed by atoms with Crippen LogP contribution in [0.15, 0.2) is 41.3 Å². The molecule has 1 saturated heterocycles.